The summed E-state index contributed by atoms with van der Waals surface area (Å²) >= 11 is 0. The highest BCUT2D eigenvalue weighted by atomic mass is 19.1. The smallest absolute Gasteiger partial charge is 0.276 e. The van der Waals surface area contributed by atoms with Gasteiger partial charge in [0.05, 0.1) is 12.2 Å². The first-order chi connectivity index (χ1) is 11.6. The summed E-state index contributed by atoms with van der Waals surface area (Å²) in [6.07, 6.45) is 0. The van der Waals surface area contributed by atoms with Gasteiger partial charge in [-0.15, -0.1) is 0 Å². The number of ether oxygens (including phenoxy) is 2. The number of carbonyl (C=O) groups excluding carboxylic acids is 2. The molecule has 0 spiro atoms. The number of carbonyl (C=O) groups is 2. The van der Waals surface area contributed by atoms with Crippen LogP contribution in [0.3, 0.4) is 0 Å². The van der Waals surface area contributed by atoms with E-state index in [-0.39, 0.29) is 12.2 Å². The van der Waals surface area contributed by atoms with E-state index in [9.17, 15) is 14.0 Å². The van der Waals surface area contributed by atoms with Gasteiger partial charge < -0.3 is 9.47 Å². The molecule has 0 aromatic heterocycles. The molecule has 2 aromatic carbocycles. The van der Waals surface area contributed by atoms with Crippen LogP contribution in [0.15, 0.2) is 48.5 Å². The normalized spacial score (nSPS) is 9.92. The Balaban J connectivity index is 1.84. The van der Waals surface area contributed by atoms with E-state index in [1.807, 2.05) is 6.92 Å². The van der Waals surface area contributed by atoms with Crippen LogP contribution in [0.4, 0.5) is 4.39 Å². The predicted octanol–water partition coefficient (Wildman–Crippen LogP) is 2.06. The van der Waals surface area contributed by atoms with Crippen molar-refractivity contribution in [2.75, 3.05) is 13.2 Å². The van der Waals surface area contributed by atoms with Gasteiger partial charge in [0.15, 0.2) is 18.1 Å². The van der Waals surface area contributed by atoms with Crippen LogP contribution in [0.2, 0.25) is 0 Å². The van der Waals surface area contributed by atoms with Crippen LogP contribution in [-0.2, 0) is 4.79 Å². The second-order valence-electron chi connectivity index (χ2n) is 4.65. The Morgan fingerprint density at radius 3 is 2.25 bits per heavy atom. The fourth-order valence-electron chi connectivity index (χ4n) is 1.86. The molecule has 2 rings (SSSR count). The van der Waals surface area contributed by atoms with E-state index in [0.29, 0.717) is 18.1 Å². The van der Waals surface area contributed by atoms with Crippen molar-refractivity contribution in [3.05, 3.63) is 59.9 Å². The number of amides is 2. The van der Waals surface area contributed by atoms with Gasteiger partial charge in [0.25, 0.3) is 11.8 Å². The lowest BCUT2D eigenvalue weighted by Crippen LogP contribution is -2.44. The second kappa shape index (κ2) is 8.52. The third-order valence-electron chi connectivity index (χ3n) is 2.94. The number of para-hydroxylation sites is 2. The summed E-state index contributed by atoms with van der Waals surface area (Å²) in [5.74, 6) is -1.09. The minimum Gasteiger partial charge on any atom is -0.490 e. The molecule has 2 N–H and O–H groups in total. The summed E-state index contributed by atoms with van der Waals surface area (Å²) < 4.78 is 24.2. The predicted molar refractivity (Wildman–Crippen MR) is 85.1 cm³/mol. The zero-order chi connectivity index (χ0) is 17.4. The minimum absolute atomic E-state index is 0.166. The van der Waals surface area contributed by atoms with Gasteiger partial charge in [-0.2, -0.15) is 0 Å². The highest BCUT2D eigenvalue weighted by Gasteiger charge is 2.12. The van der Waals surface area contributed by atoms with Crippen LogP contribution in [0.5, 0.6) is 11.5 Å². The SMILES string of the molecule is CCOc1ccccc1OCC(=O)NNC(=O)c1ccccc1F. The minimum atomic E-state index is -0.754. The van der Waals surface area contributed by atoms with E-state index >= 15 is 0 Å². The standard InChI is InChI=1S/C17H17FN2O4/c1-2-23-14-9-5-6-10-15(14)24-11-16(21)19-20-17(22)12-7-3-4-8-13(12)18/h3-10H,2,11H2,1H3,(H,19,21)(H,20,22). The average Bonchev–Trinajstić information content (AvgIpc) is 2.59. The number of nitrogens with one attached hydrogen (secondary N) is 2. The Morgan fingerprint density at radius 1 is 0.958 bits per heavy atom. The third kappa shape index (κ3) is 4.70. The van der Waals surface area contributed by atoms with Gasteiger partial charge in [-0.05, 0) is 31.2 Å². The molecule has 0 atom stereocenters. The molecule has 0 fully saturated rings. The van der Waals surface area contributed by atoms with Gasteiger partial charge in [0.2, 0.25) is 0 Å². The number of hydrogen-bond donors (Lipinski definition) is 2. The van der Waals surface area contributed by atoms with Crippen LogP contribution in [-0.4, -0.2) is 25.0 Å². The van der Waals surface area contributed by atoms with Crippen molar-refractivity contribution in [1.29, 1.82) is 0 Å². The first kappa shape index (κ1) is 17.3. The molecule has 0 aliphatic carbocycles. The molecule has 0 heterocycles. The van der Waals surface area contributed by atoms with Gasteiger partial charge in [-0.3, -0.25) is 20.4 Å². The number of halogens is 1. The molecule has 0 radical (unpaired) electrons. The average molecular weight is 332 g/mol. The van der Waals surface area contributed by atoms with Gasteiger partial charge in [0, 0.05) is 0 Å². The van der Waals surface area contributed by atoms with Crippen LogP contribution < -0.4 is 20.3 Å². The zero-order valence-electron chi connectivity index (χ0n) is 13.0. The first-order valence-corrected chi connectivity index (χ1v) is 7.30. The van der Waals surface area contributed by atoms with Crippen molar-refractivity contribution in [2.45, 2.75) is 6.92 Å². The Hall–Kier alpha value is -3.09. The maximum atomic E-state index is 13.4. The van der Waals surface area contributed by atoms with Crippen molar-refractivity contribution in [2.24, 2.45) is 0 Å². The highest BCUT2D eigenvalue weighted by Crippen LogP contribution is 2.26. The Labute approximate surface area is 138 Å². The number of hydrazine groups is 1. The molecule has 0 saturated carbocycles. The fourth-order valence-corrected chi connectivity index (χ4v) is 1.86. The molecular weight excluding hydrogens is 315 g/mol. The molecule has 0 aliphatic heterocycles. The summed E-state index contributed by atoms with van der Waals surface area (Å²) in [6, 6.07) is 12.4. The summed E-state index contributed by atoms with van der Waals surface area (Å²) in [7, 11) is 0. The van der Waals surface area contributed by atoms with Crippen molar-refractivity contribution in [1.82, 2.24) is 10.9 Å². The summed E-state index contributed by atoms with van der Waals surface area (Å²) in [5.41, 5.74) is 4.12. The van der Waals surface area contributed by atoms with E-state index in [4.69, 9.17) is 9.47 Å². The van der Waals surface area contributed by atoms with E-state index in [0.717, 1.165) is 6.07 Å². The van der Waals surface area contributed by atoms with E-state index in [2.05, 4.69) is 10.9 Å². The number of benzene rings is 2. The van der Waals surface area contributed by atoms with Crippen LogP contribution in [0.1, 0.15) is 17.3 Å². The molecule has 0 aliphatic rings. The Kier molecular flexibility index (Phi) is 6.13. The first-order valence-electron chi connectivity index (χ1n) is 7.30. The largest absolute Gasteiger partial charge is 0.490 e. The maximum Gasteiger partial charge on any atom is 0.276 e. The Bertz CT molecular complexity index is 721. The monoisotopic (exact) mass is 332 g/mol. The summed E-state index contributed by atoms with van der Waals surface area (Å²) in [5, 5.41) is 0. The Morgan fingerprint density at radius 2 is 1.58 bits per heavy atom. The van der Waals surface area contributed by atoms with E-state index in [1.165, 1.54) is 18.2 Å². The lowest BCUT2D eigenvalue weighted by Gasteiger charge is -2.12. The molecule has 2 aromatic rings. The lowest BCUT2D eigenvalue weighted by molar-refractivity contribution is -0.123. The van der Waals surface area contributed by atoms with Crippen molar-refractivity contribution in [3.63, 3.8) is 0 Å². The maximum absolute atomic E-state index is 13.4. The molecule has 126 valence electrons. The summed E-state index contributed by atoms with van der Waals surface area (Å²) in [4.78, 5) is 23.5. The lowest BCUT2D eigenvalue weighted by atomic mass is 10.2. The van der Waals surface area contributed by atoms with E-state index < -0.39 is 17.6 Å². The van der Waals surface area contributed by atoms with Gasteiger partial charge in [0.1, 0.15) is 5.82 Å². The summed E-state index contributed by atoms with van der Waals surface area (Å²) in [6.45, 7) is 1.97. The van der Waals surface area contributed by atoms with Crippen molar-refractivity contribution < 1.29 is 23.5 Å². The molecule has 6 nitrogen and oxygen atoms in total. The topological polar surface area (TPSA) is 76.7 Å². The van der Waals surface area contributed by atoms with Gasteiger partial charge in [-0.25, -0.2) is 4.39 Å². The highest BCUT2D eigenvalue weighted by molar-refractivity contribution is 5.95. The van der Waals surface area contributed by atoms with Crippen LogP contribution in [0.25, 0.3) is 0 Å². The number of hydrogen-bond acceptors (Lipinski definition) is 4. The molecule has 24 heavy (non-hydrogen) atoms. The van der Waals surface area contributed by atoms with E-state index in [1.54, 1.807) is 24.3 Å². The molecule has 0 unspecified atom stereocenters. The van der Waals surface area contributed by atoms with Crippen molar-refractivity contribution >= 4 is 11.8 Å². The fraction of sp³-hybridized carbons (Fsp3) is 0.176. The molecular formula is C17H17FN2O4. The third-order valence-corrected chi connectivity index (χ3v) is 2.94. The van der Waals surface area contributed by atoms with Gasteiger partial charge in [-0.1, -0.05) is 24.3 Å². The number of rotatable bonds is 6. The molecule has 0 bridgehead atoms. The molecule has 2 amide bonds. The zero-order valence-corrected chi connectivity index (χ0v) is 13.0. The van der Waals surface area contributed by atoms with Crippen LogP contribution in [0, 0.1) is 5.82 Å². The molecule has 7 heteroatoms. The van der Waals surface area contributed by atoms with Crippen LogP contribution >= 0.6 is 0 Å². The van der Waals surface area contributed by atoms with Crippen molar-refractivity contribution in [3.8, 4) is 11.5 Å². The van der Waals surface area contributed by atoms with Gasteiger partial charge >= 0.3 is 0 Å². The molecule has 0 saturated heterocycles. The second-order valence-corrected chi connectivity index (χ2v) is 4.65. The quantitative estimate of drug-likeness (QED) is 0.794.